The molecule has 1 saturated carbocycles. The number of Topliss-reactive ketones (excluding diaryl/α,β-unsaturated/α-hetero) is 2. The first-order chi connectivity index (χ1) is 19.9. The van der Waals surface area contributed by atoms with Crippen LogP contribution in [-0.4, -0.2) is 81.0 Å². The van der Waals surface area contributed by atoms with Gasteiger partial charge in [0, 0.05) is 18.0 Å². The molecule has 8 N–H and O–H groups in total. The van der Waals surface area contributed by atoms with Gasteiger partial charge in [0.05, 0.1) is 23.8 Å². The predicted octanol–water partition coefficient (Wildman–Crippen LogP) is 1.54. The van der Waals surface area contributed by atoms with E-state index in [4.69, 9.17) is 5.73 Å². The molecule has 12 nitrogen and oxygen atoms in total. The van der Waals surface area contributed by atoms with E-state index in [-0.39, 0.29) is 61.0 Å². The van der Waals surface area contributed by atoms with E-state index in [1.807, 2.05) is 30.3 Å². The van der Waals surface area contributed by atoms with Crippen LogP contribution >= 0.6 is 24.8 Å². The van der Waals surface area contributed by atoms with E-state index in [0.717, 1.165) is 5.56 Å². The number of ketones is 2. The van der Waals surface area contributed by atoms with E-state index < -0.39 is 69.7 Å². The average molecular weight is 650 g/mol. The number of phenolic OH excluding ortho intramolecular Hbond substituents is 1. The van der Waals surface area contributed by atoms with Crippen molar-refractivity contribution in [2.24, 2.45) is 17.6 Å². The Hall–Kier alpha value is -3.94. The van der Waals surface area contributed by atoms with Crippen molar-refractivity contribution >= 4 is 59.6 Å². The number of halogens is 2. The number of hydrogen-bond acceptors (Lipinski definition) is 10. The van der Waals surface area contributed by atoms with Crippen LogP contribution in [0.4, 0.5) is 5.69 Å². The van der Waals surface area contributed by atoms with E-state index in [9.17, 15) is 39.6 Å². The van der Waals surface area contributed by atoms with Crippen molar-refractivity contribution in [1.29, 1.82) is 0 Å². The minimum absolute atomic E-state index is 0. The quantitative estimate of drug-likeness (QED) is 0.170. The smallest absolute Gasteiger partial charge is 0.255 e. The number of nitrogens with zero attached hydrogens (tertiary/aromatic N) is 1. The molecule has 2 aromatic rings. The number of aromatic hydroxyl groups is 1. The largest absolute Gasteiger partial charge is 0.508 e. The zero-order valence-corrected chi connectivity index (χ0v) is 25.5. The molecule has 0 aliphatic heterocycles. The van der Waals surface area contributed by atoms with Crippen LogP contribution in [0.5, 0.6) is 5.75 Å². The van der Waals surface area contributed by atoms with E-state index >= 15 is 0 Å². The number of carbonyl (C=O) groups is 4. The molecule has 3 aliphatic carbocycles. The number of amides is 2. The van der Waals surface area contributed by atoms with E-state index in [0.29, 0.717) is 12.1 Å². The number of nitrogens with two attached hydrogens (primary N) is 1. The summed E-state index contributed by atoms with van der Waals surface area (Å²) in [5.74, 6) is -7.72. The molecular weight excluding hydrogens is 615 g/mol. The first-order valence-corrected chi connectivity index (χ1v) is 13.4. The van der Waals surface area contributed by atoms with Crippen molar-refractivity contribution < 1.29 is 39.6 Å². The van der Waals surface area contributed by atoms with Gasteiger partial charge in [0.25, 0.3) is 5.91 Å². The molecule has 5 rings (SSSR count). The number of benzene rings is 2. The molecule has 44 heavy (non-hydrogen) atoms. The van der Waals surface area contributed by atoms with Crippen molar-refractivity contribution in [3.63, 3.8) is 0 Å². The number of phenols is 1. The second kappa shape index (κ2) is 13.0. The lowest BCUT2D eigenvalue weighted by molar-refractivity contribution is -0.153. The third-order valence-corrected chi connectivity index (χ3v) is 8.32. The van der Waals surface area contributed by atoms with Crippen molar-refractivity contribution in [2.45, 2.75) is 31.0 Å². The summed E-state index contributed by atoms with van der Waals surface area (Å²) in [6.07, 6.45) is 0.160. The van der Waals surface area contributed by atoms with Crippen LogP contribution in [0.25, 0.3) is 5.76 Å². The summed E-state index contributed by atoms with van der Waals surface area (Å²) < 4.78 is 0. The van der Waals surface area contributed by atoms with Gasteiger partial charge < -0.3 is 36.8 Å². The van der Waals surface area contributed by atoms with Gasteiger partial charge in [-0.15, -0.1) is 24.8 Å². The Labute approximate surface area is 265 Å². The molecule has 236 valence electrons. The van der Waals surface area contributed by atoms with Gasteiger partial charge in [-0.05, 0) is 50.0 Å². The minimum atomic E-state index is -2.71. The first-order valence-electron chi connectivity index (χ1n) is 13.4. The van der Waals surface area contributed by atoms with Gasteiger partial charge in [-0.3, -0.25) is 24.1 Å². The lowest BCUT2D eigenvalue weighted by atomic mass is 9.57. The van der Waals surface area contributed by atoms with Crippen molar-refractivity contribution in [1.82, 2.24) is 10.2 Å². The highest BCUT2D eigenvalue weighted by Crippen LogP contribution is 2.53. The molecule has 0 spiro atoms. The number of likely N-dealkylation sites (N-methyl/N-ethyl adjacent to an activating group) is 1. The van der Waals surface area contributed by atoms with E-state index in [1.54, 1.807) is 20.2 Å². The van der Waals surface area contributed by atoms with Crippen LogP contribution in [0.15, 0.2) is 59.4 Å². The SMILES string of the molecule is CN(C)[C@@H]1C(=O)C(C(N)=O)=C(O)C2(O)C(=O)C3=C(O)c4c(ccc(NC(=O)CNCc5ccccc5)c4O)CC3CC12.Cl.Cl. The number of fused-ring (bicyclic) bond motifs is 3. The number of carbonyl (C=O) groups excluding carboxylic acids is 4. The van der Waals surface area contributed by atoms with Gasteiger partial charge in [0.1, 0.15) is 22.8 Å². The highest BCUT2D eigenvalue weighted by molar-refractivity contribution is 6.24. The van der Waals surface area contributed by atoms with E-state index in [1.165, 1.54) is 11.0 Å². The Balaban J connectivity index is 0.00000264. The molecule has 14 heteroatoms. The Morgan fingerprint density at radius 2 is 1.70 bits per heavy atom. The standard InChI is InChI=1S/C30H32N4O8.2ClH/c1-34(2)23-17-11-16-10-15-8-9-18(33-19(35)13-32-12-14-6-4-3-5-7-14)24(36)20(15)25(37)21(16)27(39)30(17,42)28(40)22(26(23)38)29(31)41;;/h3-9,16-17,23,32,36-37,40,42H,10-13H2,1-2H3,(H2,31,41)(H,33,35);2*1H/t16?,17?,23-,30?;;/m0../s1. The van der Waals surface area contributed by atoms with E-state index in [2.05, 4.69) is 10.6 Å². The molecule has 0 bridgehead atoms. The summed E-state index contributed by atoms with van der Waals surface area (Å²) in [6, 6.07) is 11.4. The topological polar surface area (TPSA) is 203 Å². The molecule has 0 radical (unpaired) electrons. The molecule has 2 aromatic carbocycles. The highest BCUT2D eigenvalue weighted by Gasteiger charge is 2.64. The maximum atomic E-state index is 13.9. The summed E-state index contributed by atoms with van der Waals surface area (Å²) in [6.45, 7) is 0.386. The number of primary amides is 1. The van der Waals surface area contributed by atoms with Crippen LogP contribution in [0.1, 0.15) is 23.1 Å². The molecule has 1 fully saturated rings. The normalized spacial score (nSPS) is 24.0. The lowest BCUT2D eigenvalue weighted by Gasteiger charge is -2.50. The monoisotopic (exact) mass is 648 g/mol. The van der Waals surface area contributed by atoms with Crippen molar-refractivity contribution in [2.75, 3.05) is 26.0 Å². The van der Waals surface area contributed by atoms with Crippen LogP contribution in [0, 0.1) is 11.8 Å². The summed E-state index contributed by atoms with van der Waals surface area (Å²) in [7, 11) is 3.08. The van der Waals surface area contributed by atoms with Gasteiger partial charge in [0.2, 0.25) is 11.7 Å². The maximum absolute atomic E-state index is 13.9. The highest BCUT2D eigenvalue weighted by atomic mass is 35.5. The molecule has 3 unspecified atom stereocenters. The Kier molecular flexibility index (Phi) is 10.2. The first kappa shape index (κ1) is 34.5. The molecular formula is C30H34Cl2N4O8. The molecule has 0 saturated heterocycles. The molecule has 3 aliphatic rings. The Bertz CT molecular complexity index is 1580. The Morgan fingerprint density at radius 3 is 2.32 bits per heavy atom. The van der Waals surface area contributed by atoms with Crippen molar-refractivity contribution in [3.05, 3.63) is 76.1 Å². The number of nitrogens with one attached hydrogen (secondary N) is 2. The lowest BCUT2D eigenvalue weighted by Crippen LogP contribution is -2.65. The predicted molar refractivity (Wildman–Crippen MR) is 166 cm³/mol. The fourth-order valence-electron chi connectivity index (χ4n) is 6.43. The third kappa shape index (κ3) is 5.55. The number of aliphatic hydroxyl groups is 3. The molecule has 4 atom stereocenters. The Morgan fingerprint density at radius 1 is 1.05 bits per heavy atom. The van der Waals surface area contributed by atoms with Crippen molar-refractivity contribution in [3.8, 4) is 5.75 Å². The molecule has 0 heterocycles. The summed E-state index contributed by atoms with van der Waals surface area (Å²) in [4.78, 5) is 53.1. The zero-order valence-electron chi connectivity index (χ0n) is 23.9. The summed E-state index contributed by atoms with van der Waals surface area (Å²) >= 11 is 0. The molecule has 0 aromatic heterocycles. The number of aliphatic hydroxyl groups excluding tert-OH is 2. The number of hydrogen-bond donors (Lipinski definition) is 7. The fourth-order valence-corrected chi connectivity index (χ4v) is 6.43. The van der Waals surface area contributed by atoms with Gasteiger partial charge >= 0.3 is 0 Å². The van der Waals surface area contributed by atoms with Gasteiger partial charge in [0.15, 0.2) is 11.4 Å². The second-order valence-electron chi connectivity index (χ2n) is 11.1. The van der Waals surface area contributed by atoms with Crippen LogP contribution < -0.4 is 16.4 Å². The number of rotatable bonds is 7. The van der Waals surface area contributed by atoms with Gasteiger partial charge in [-0.1, -0.05) is 36.4 Å². The summed E-state index contributed by atoms with van der Waals surface area (Å²) in [5.41, 5.74) is 2.87. The van der Waals surface area contributed by atoms with Crippen LogP contribution in [-0.2, 0) is 32.1 Å². The van der Waals surface area contributed by atoms with Gasteiger partial charge in [-0.25, -0.2) is 0 Å². The third-order valence-electron chi connectivity index (χ3n) is 8.32. The number of anilines is 1. The average Bonchev–Trinajstić information content (AvgIpc) is 2.92. The minimum Gasteiger partial charge on any atom is -0.508 e. The van der Waals surface area contributed by atoms with Crippen LogP contribution in [0.3, 0.4) is 0 Å². The zero-order chi connectivity index (χ0) is 30.5. The van der Waals surface area contributed by atoms with Gasteiger partial charge in [-0.2, -0.15) is 0 Å². The molecule has 2 amide bonds. The van der Waals surface area contributed by atoms with Crippen LogP contribution in [0.2, 0.25) is 0 Å². The maximum Gasteiger partial charge on any atom is 0.255 e. The summed E-state index contributed by atoms with van der Waals surface area (Å²) in [5, 5.41) is 50.6. The fraction of sp³-hybridized carbons (Fsp3) is 0.333. The second-order valence-corrected chi connectivity index (χ2v) is 11.1.